The molecule has 2 aliphatic rings. The lowest BCUT2D eigenvalue weighted by Crippen LogP contribution is -2.70. The number of carbonyl (C=O) groups excluding carboxylic acids is 2. The number of amides is 2. The molecule has 20 heavy (non-hydrogen) atoms. The zero-order valence-corrected chi connectivity index (χ0v) is 12.8. The van der Waals surface area contributed by atoms with E-state index in [1.165, 1.54) is 0 Å². The molecule has 2 heterocycles. The maximum Gasteiger partial charge on any atom is 0.246 e. The molecule has 2 rings (SSSR count). The highest BCUT2D eigenvalue weighted by Gasteiger charge is 2.49. The van der Waals surface area contributed by atoms with E-state index in [0.29, 0.717) is 19.4 Å². The van der Waals surface area contributed by atoms with Crippen LogP contribution in [0.1, 0.15) is 52.9 Å². The Morgan fingerprint density at radius 2 is 2.00 bits per heavy atom. The highest BCUT2D eigenvalue weighted by atomic mass is 16.5. The normalized spacial score (nSPS) is 30.2. The molecule has 0 bridgehead atoms. The van der Waals surface area contributed by atoms with E-state index >= 15 is 0 Å². The molecular formula is C15H26N2O3. The molecule has 2 aliphatic heterocycles. The second kappa shape index (κ2) is 6.12. The van der Waals surface area contributed by atoms with Crippen molar-refractivity contribution in [1.82, 2.24) is 10.2 Å². The first-order chi connectivity index (χ1) is 9.55. The molecule has 0 aromatic carbocycles. The average Bonchev–Trinajstić information content (AvgIpc) is 2.47. The molecule has 1 N–H and O–H groups in total. The van der Waals surface area contributed by atoms with Gasteiger partial charge in [0.15, 0.2) is 0 Å². The standard InChI is InChI=1S/C15H26N2O3/c1-4-15(5-2)14(19)16-11(3)13(18)17(15)10-12-8-6-7-9-20-12/h11-12H,4-10H2,1-3H3,(H,16,19). The summed E-state index contributed by atoms with van der Waals surface area (Å²) < 4.78 is 5.76. The van der Waals surface area contributed by atoms with Gasteiger partial charge in [-0.05, 0) is 39.0 Å². The zero-order chi connectivity index (χ0) is 14.8. The lowest BCUT2D eigenvalue weighted by molar-refractivity contribution is -0.161. The molecule has 0 radical (unpaired) electrons. The summed E-state index contributed by atoms with van der Waals surface area (Å²) in [7, 11) is 0. The molecule has 2 unspecified atom stereocenters. The van der Waals surface area contributed by atoms with Gasteiger partial charge in [0.25, 0.3) is 0 Å². The molecule has 0 spiro atoms. The van der Waals surface area contributed by atoms with E-state index in [1.807, 2.05) is 13.8 Å². The minimum absolute atomic E-state index is 0.0162. The number of nitrogens with zero attached hydrogens (tertiary/aromatic N) is 1. The smallest absolute Gasteiger partial charge is 0.246 e. The van der Waals surface area contributed by atoms with Crippen molar-refractivity contribution in [2.24, 2.45) is 0 Å². The fraction of sp³-hybridized carbons (Fsp3) is 0.867. The molecule has 0 aliphatic carbocycles. The van der Waals surface area contributed by atoms with E-state index in [1.54, 1.807) is 11.8 Å². The van der Waals surface area contributed by atoms with E-state index in [0.717, 1.165) is 25.9 Å². The lowest BCUT2D eigenvalue weighted by atomic mass is 9.85. The second-order valence-electron chi connectivity index (χ2n) is 5.87. The Kier molecular flexibility index (Phi) is 4.68. The largest absolute Gasteiger partial charge is 0.376 e. The first-order valence-corrected chi connectivity index (χ1v) is 7.79. The van der Waals surface area contributed by atoms with Crippen LogP contribution in [0.2, 0.25) is 0 Å². The molecule has 5 heteroatoms. The SMILES string of the molecule is CCC1(CC)C(=O)NC(C)C(=O)N1CC1CCCCO1. The molecule has 114 valence electrons. The summed E-state index contributed by atoms with van der Waals surface area (Å²) in [4.78, 5) is 26.8. The summed E-state index contributed by atoms with van der Waals surface area (Å²) in [6.07, 6.45) is 4.56. The summed E-state index contributed by atoms with van der Waals surface area (Å²) in [5.41, 5.74) is -0.704. The van der Waals surface area contributed by atoms with Gasteiger partial charge in [-0.25, -0.2) is 0 Å². The Bertz CT molecular complexity index is 373. The van der Waals surface area contributed by atoms with Crippen molar-refractivity contribution >= 4 is 11.8 Å². The third-order valence-corrected chi connectivity index (χ3v) is 4.75. The van der Waals surface area contributed by atoms with Gasteiger partial charge in [0.2, 0.25) is 11.8 Å². The van der Waals surface area contributed by atoms with Crippen molar-refractivity contribution in [2.45, 2.75) is 70.6 Å². The maximum absolute atomic E-state index is 12.5. The maximum atomic E-state index is 12.5. The van der Waals surface area contributed by atoms with Crippen LogP contribution in [-0.4, -0.2) is 47.6 Å². The number of nitrogens with one attached hydrogen (secondary N) is 1. The van der Waals surface area contributed by atoms with Gasteiger partial charge in [-0.2, -0.15) is 0 Å². The number of carbonyl (C=O) groups is 2. The Balaban J connectivity index is 2.22. The van der Waals surface area contributed by atoms with Crippen LogP contribution < -0.4 is 5.32 Å². The van der Waals surface area contributed by atoms with Crippen molar-refractivity contribution in [2.75, 3.05) is 13.2 Å². The first kappa shape index (κ1) is 15.3. The molecule has 2 amide bonds. The van der Waals surface area contributed by atoms with Crippen molar-refractivity contribution in [1.29, 1.82) is 0 Å². The molecule has 2 fully saturated rings. The van der Waals surface area contributed by atoms with Gasteiger partial charge in [-0.1, -0.05) is 13.8 Å². The van der Waals surface area contributed by atoms with Gasteiger partial charge in [0.1, 0.15) is 11.6 Å². The van der Waals surface area contributed by atoms with Crippen LogP contribution in [0.3, 0.4) is 0 Å². The Labute approximate surface area is 121 Å². The van der Waals surface area contributed by atoms with Gasteiger partial charge < -0.3 is 15.0 Å². The number of piperazine rings is 1. The van der Waals surface area contributed by atoms with Crippen LogP contribution >= 0.6 is 0 Å². The summed E-state index contributed by atoms with van der Waals surface area (Å²) in [5.74, 6) is -0.00659. The third-order valence-electron chi connectivity index (χ3n) is 4.75. The molecule has 0 aromatic rings. The van der Waals surface area contributed by atoms with E-state index in [2.05, 4.69) is 5.32 Å². The van der Waals surface area contributed by atoms with Gasteiger partial charge in [-0.15, -0.1) is 0 Å². The predicted molar refractivity (Wildman–Crippen MR) is 76.2 cm³/mol. The van der Waals surface area contributed by atoms with Gasteiger partial charge in [0.05, 0.1) is 6.10 Å². The quantitative estimate of drug-likeness (QED) is 0.849. The van der Waals surface area contributed by atoms with E-state index in [-0.39, 0.29) is 17.9 Å². The zero-order valence-electron chi connectivity index (χ0n) is 12.8. The second-order valence-corrected chi connectivity index (χ2v) is 5.87. The van der Waals surface area contributed by atoms with Gasteiger partial charge in [0, 0.05) is 13.2 Å². The van der Waals surface area contributed by atoms with Gasteiger partial charge in [-0.3, -0.25) is 9.59 Å². The van der Waals surface area contributed by atoms with Crippen LogP contribution in [0.15, 0.2) is 0 Å². The molecule has 0 saturated carbocycles. The lowest BCUT2D eigenvalue weighted by Gasteiger charge is -2.48. The van der Waals surface area contributed by atoms with Crippen LogP contribution in [0.4, 0.5) is 0 Å². The minimum atomic E-state index is -0.704. The monoisotopic (exact) mass is 282 g/mol. The summed E-state index contributed by atoms with van der Waals surface area (Å²) >= 11 is 0. The molecule has 2 saturated heterocycles. The van der Waals surface area contributed by atoms with Crippen LogP contribution in [-0.2, 0) is 14.3 Å². The van der Waals surface area contributed by atoms with Crippen LogP contribution in [0.5, 0.6) is 0 Å². The summed E-state index contributed by atoms with van der Waals surface area (Å²) in [6.45, 7) is 7.00. The van der Waals surface area contributed by atoms with Crippen LogP contribution in [0, 0.1) is 0 Å². The highest BCUT2D eigenvalue weighted by molar-refractivity contribution is 5.99. The number of rotatable bonds is 4. The van der Waals surface area contributed by atoms with Crippen molar-refractivity contribution in [3.8, 4) is 0 Å². The highest BCUT2D eigenvalue weighted by Crippen LogP contribution is 2.30. The van der Waals surface area contributed by atoms with E-state index in [9.17, 15) is 9.59 Å². The first-order valence-electron chi connectivity index (χ1n) is 7.79. The summed E-state index contributed by atoms with van der Waals surface area (Å²) in [5, 5.41) is 2.82. The molecule has 0 aromatic heterocycles. The average molecular weight is 282 g/mol. The van der Waals surface area contributed by atoms with E-state index in [4.69, 9.17) is 4.74 Å². The van der Waals surface area contributed by atoms with Crippen molar-refractivity contribution < 1.29 is 14.3 Å². The molecule has 2 atom stereocenters. The molecular weight excluding hydrogens is 256 g/mol. The number of ether oxygens (including phenoxy) is 1. The number of hydrogen-bond donors (Lipinski definition) is 1. The minimum Gasteiger partial charge on any atom is -0.376 e. The topological polar surface area (TPSA) is 58.6 Å². The number of hydrogen-bond acceptors (Lipinski definition) is 3. The van der Waals surface area contributed by atoms with E-state index < -0.39 is 11.6 Å². The van der Waals surface area contributed by atoms with Crippen molar-refractivity contribution in [3.63, 3.8) is 0 Å². The Hall–Kier alpha value is -1.10. The molecule has 5 nitrogen and oxygen atoms in total. The van der Waals surface area contributed by atoms with Crippen LogP contribution in [0.25, 0.3) is 0 Å². The van der Waals surface area contributed by atoms with Gasteiger partial charge >= 0.3 is 0 Å². The fourth-order valence-corrected chi connectivity index (χ4v) is 3.33. The third kappa shape index (κ3) is 2.55. The Morgan fingerprint density at radius 3 is 2.55 bits per heavy atom. The summed E-state index contributed by atoms with van der Waals surface area (Å²) in [6, 6.07) is -0.433. The predicted octanol–water partition coefficient (Wildman–Crippen LogP) is 1.46. The van der Waals surface area contributed by atoms with Crippen molar-refractivity contribution in [3.05, 3.63) is 0 Å². The fourth-order valence-electron chi connectivity index (χ4n) is 3.33. The Morgan fingerprint density at radius 1 is 1.30 bits per heavy atom.